The van der Waals surface area contributed by atoms with E-state index in [0.717, 1.165) is 0 Å². The van der Waals surface area contributed by atoms with Crippen molar-refractivity contribution in [1.29, 1.82) is 0 Å². The number of nitrogens with zero attached hydrogens (tertiary/aromatic N) is 1. The van der Waals surface area contributed by atoms with Crippen molar-refractivity contribution >= 4 is 37.2 Å². The number of rotatable bonds is 3. The maximum Gasteiger partial charge on any atom is 0.295 e. The summed E-state index contributed by atoms with van der Waals surface area (Å²) in [6, 6.07) is 5.98. The number of hydrogen-bond donors (Lipinski definition) is 2. The molecule has 0 aliphatic heterocycles. The highest BCUT2D eigenvalue weighted by Crippen LogP contribution is 2.29. The van der Waals surface area contributed by atoms with Crippen molar-refractivity contribution < 1.29 is 17.7 Å². The Kier molecular flexibility index (Phi) is 5.67. The fourth-order valence-electron chi connectivity index (χ4n) is 1.62. The van der Waals surface area contributed by atoms with Gasteiger partial charge in [0.15, 0.2) is 0 Å². The third-order valence-electron chi connectivity index (χ3n) is 2.27. The summed E-state index contributed by atoms with van der Waals surface area (Å²) >= 11 is 2.44. The molecular weight excluding hydrogens is 336 g/mol. The zero-order valence-electron chi connectivity index (χ0n) is 10.1. The molecule has 0 fully saturated rings. The van der Waals surface area contributed by atoms with Gasteiger partial charge in [0.05, 0.1) is 6.61 Å². The van der Waals surface area contributed by atoms with E-state index in [4.69, 9.17) is 9.29 Å². The third kappa shape index (κ3) is 3.63. The summed E-state index contributed by atoms with van der Waals surface area (Å²) in [6.45, 7) is 2.28. The standard InChI is InChI=1S/C11H11NO4S.BrH2N/c1-2-16-9-5-6-10(17(13,14)15)8-4-3-7-12-11(8)9;1-2/h3-7H,2H2,1H3,(H,13,14,15);2H2. The highest BCUT2D eigenvalue weighted by atomic mass is 79.9. The van der Waals surface area contributed by atoms with Gasteiger partial charge in [0, 0.05) is 27.7 Å². The van der Waals surface area contributed by atoms with E-state index in [1.165, 1.54) is 12.1 Å². The van der Waals surface area contributed by atoms with Gasteiger partial charge in [0.1, 0.15) is 16.2 Å². The third-order valence-corrected chi connectivity index (χ3v) is 3.18. The predicted molar refractivity (Wildman–Crippen MR) is 75.8 cm³/mol. The van der Waals surface area contributed by atoms with E-state index in [1.54, 1.807) is 18.3 Å². The van der Waals surface area contributed by atoms with Crippen molar-refractivity contribution in [1.82, 2.24) is 4.98 Å². The summed E-state index contributed by atoms with van der Waals surface area (Å²) in [7, 11) is -4.26. The molecular formula is C11H13BrN2O4S. The van der Waals surface area contributed by atoms with E-state index < -0.39 is 10.1 Å². The highest BCUT2D eigenvalue weighted by molar-refractivity contribution is 9.07. The lowest BCUT2D eigenvalue weighted by molar-refractivity contribution is 0.343. The van der Waals surface area contributed by atoms with Crippen LogP contribution in [0.25, 0.3) is 10.9 Å². The van der Waals surface area contributed by atoms with E-state index in [9.17, 15) is 8.42 Å². The SMILES string of the molecule is CCOc1ccc(S(=O)(=O)O)c2cccnc12.NBr. The number of aromatic nitrogens is 1. The van der Waals surface area contributed by atoms with Gasteiger partial charge in [-0.3, -0.25) is 14.3 Å². The summed E-state index contributed by atoms with van der Waals surface area (Å²) in [5.74, 6) is 0.496. The van der Waals surface area contributed by atoms with Crippen LogP contribution in [-0.4, -0.2) is 24.6 Å². The van der Waals surface area contributed by atoms with Crippen LogP contribution in [0.1, 0.15) is 6.92 Å². The minimum atomic E-state index is -4.26. The van der Waals surface area contributed by atoms with E-state index in [2.05, 4.69) is 25.9 Å². The quantitative estimate of drug-likeness (QED) is 0.650. The Bertz CT molecular complexity index is 661. The molecule has 104 valence electrons. The number of nitrogens with two attached hydrogens (primary N) is 1. The van der Waals surface area contributed by atoms with Crippen LogP contribution in [0.4, 0.5) is 0 Å². The number of fused-ring (bicyclic) bond motifs is 1. The van der Waals surface area contributed by atoms with Gasteiger partial charge in [-0.15, -0.1) is 0 Å². The van der Waals surface area contributed by atoms with Gasteiger partial charge in [-0.05, 0) is 31.2 Å². The lowest BCUT2D eigenvalue weighted by atomic mass is 10.2. The Morgan fingerprint density at radius 3 is 2.63 bits per heavy atom. The first-order valence-corrected chi connectivity index (χ1v) is 7.59. The first kappa shape index (κ1) is 15.8. The zero-order chi connectivity index (χ0) is 14.5. The molecule has 1 heterocycles. The first-order valence-electron chi connectivity index (χ1n) is 5.24. The molecule has 0 aliphatic rings. The van der Waals surface area contributed by atoms with Crippen LogP contribution < -0.4 is 9.50 Å². The van der Waals surface area contributed by atoms with Crippen LogP contribution in [0.15, 0.2) is 35.4 Å². The van der Waals surface area contributed by atoms with E-state index in [-0.39, 0.29) is 4.90 Å². The zero-order valence-corrected chi connectivity index (χ0v) is 12.5. The van der Waals surface area contributed by atoms with Crippen LogP contribution in [-0.2, 0) is 10.1 Å². The van der Waals surface area contributed by atoms with Crippen molar-refractivity contribution in [2.24, 2.45) is 4.76 Å². The summed E-state index contributed by atoms with van der Waals surface area (Å²) in [5, 5.41) is 0.348. The van der Waals surface area contributed by atoms with Gasteiger partial charge >= 0.3 is 0 Å². The summed E-state index contributed by atoms with van der Waals surface area (Å²) in [6.07, 6.45) is 1.54. The molecule has 0 atom stereocenters. The Balaban J connectivity index is 0.000000861. The number of benzene rings is 1. The summed E-state index contributed by atoms with van der Waals surface area (Å²) in [4.78, 5) is 3.91. The van der Waals surface area contributed by atoms with Crippen molar-refractivity contribution in [3.63, 3.8) is 0 Å². The van der Waals surface area contributed by atoms with Crippen LogP contribution in [0.5, 0.6) is 5.75 Å². The van der Waals surface area contributed by atoms with Crippen LogP contribution in [0.3, 0.4) is 0 Å². The van der Waals surface area contributed by atoms with Gasteiger partial charge < -0.3 is 4.74 Å². The second kappa shape index (κ2) is 6.80. The van der Waals surface area contributed by atoms with Gasteiger partial charge in [-0.25, -0.2) is 0 Å². The number of halogens is 1. The van der Waals surface area contributed by atoms with Gasteiger partial charge in [0.25, 0.3) is 10.1 Å². The molecule has 0 saturated carbocycles. The fourth-order valence-corrected chi connectivity index (χ4v) is 2.30. The molecule has 1 aromatic heterocycles. The minimum Gasteiger partial charge on any atom is -0.492 e. The van der Waals surface area contributed by atoms with E-state index >= 15 is 0 Å². The van der Waals surface area contributed by atoms with Crippen LogP contribution in [0.2, 0.25) is 0 Å². The molecule has 2 rings (SSSR count). The molecule has 3 N–H and O–H groups in total. The van der Waals surface area contributed by atoms with Crippen LogP contribution >= 0.6 is 16.1 Å². The van der Waals surface area contributed by atoms with Gasteiger partial charge in [-0.2, -0.15) is 8.42 Å². The largest absolute Gasteiger partial charge is 0.492 e. The van der Waals surface area contributed by atoms with E-state index in [0.29, 0.717) is 23.3 Å². The number of pyridine rings is 1. The minimum absolute atomic E-state index is 0.163. The predicted octanol–water partition coefficient (Wildman–Crippen LogP) is 2.14. The van der Waals surface area contributed by atoms with Crippen molar-refractivity contribution in [3.05, 3.63) is 30.5 Å². The summed E-state index contributed by atoms with van der Waals surface area (Å²) in [5.41, 5.74) is 0.421. The Hall–Kier alpha value is -1.22. The molecule has 0 saturated heterocycles. The molecule has 0 amide bonds. The Morgan fingerprint density at radius 2 is 2.05 bits per heavy atom. The van der Waals surface area contributed by atoms with Gasteiger partial charge in [0.2, 0.25) is 0 Å². The normalized spacial score (nSPS) is 10.7. The van der Waals surface area contributed by atoms with E-state index in [1.807, 2.05) is 6.92 Å². The molecule has 0 radical (unpaired) electrons. The lowest BCUT2D eigenvalue weighted by Gasteiger charge is -2.08. The number of hydrogen-bond acceptors (Lipinski definition) is 5. The fraction of sp³-hybridized carbons (Fsp3) is 0.182. The molecule has 6 nitrogen and oxygen atoms in total. The maximum absolute atomic E-state index is 11.2. The molecule has 8 heteroatoms. The Labute approximate surface area is 119 Å². The molecule has 2 aromatic rings. The monoisotopic (exact) mass is 348 g/mol. The second-order valence-corrected chi connectivity index (χ2v) is 4.76. The average molecular weight is 349 g/mol. The molecule has 0 unspecified atom stereocenters. The first-order chi connectivity index (χ1) is 9.04. The molecule has 0 bridgehead atoms. The molecule has 1 aromatic carbocycles. The molecule has 19 heavy (non-hydrogen) atoms. The average Bonchev–Trinajstić information content (AvgIpc) is 2.40. The highest BCUT2D eigenvalue weighted by Gasteiger charge is 2.16. The Morgan fingerprint density at radius 1 is 1.37 bits per heavy atom. The van der Waals surface area contributed by atoms with Crippen molar-refractivity contribution in [2.75, 3.05) is 6.61 Å². The maximum atomic E-state index is 11.2. The molecule has 0 aliphatic carbocycles. The van der Waals surface area contributed by atoms with Crippen LogP contribution in [0, 0.1) is 0 Å². The lowest BCUT2D eigenvalue weighted by Crippen LogP contribution is -2.01. The van der Waals surface area contributed by atoms with Crippen molar-refractivity contribution in [2.45, 2.75) is 11.8 Å². The number of ether oxygens (including phenoxy) is 1. The van der Waals surface area contributed by atoms with Gasteiger partial charge in [-0.1, -0.05) is 0 Å². The second-order valence-electron chi connectivity index (χ2n) is 3.37. The topological polar surface area (TPSA) is 103 Å². The smallest absolute Gasteiger partial charge is 0.295 e. The molecule has 0 spiro atoms. The summed E-state index contributed by atoms with van der Waals surface area (Å²) < 4.78 is 41.2. The van der Waals surface area contributed by atoms with Crippen molar-refractivity contribution in [3.8, 4) is 5.75 Å².